The van der Waals surface area contributed by atoms with Gasteiger partial charge in [0.2, 0.25) is 0 Å². The van der Waals surface area contributed by atoms with Crippen LogP contribution in [0.15, 0.2) is 23.3 Å². The fraction of sp³-hybridized carbons (Fsp3) is 0.533. The SMILES string of the molecule is C/C=C\C=C(/N)SSC(C)C[PH](=O)CCC(=O)ON1C(=O)CCC1=O. The smallest absolute Gasteiger partial charge is 0.333 e. The minimum absolute atomic E-state index is 0.0563. The van der Waals surface area contributed by atoms with Gasteiger partial charge in [0.15, 0.2) is 0 Å². The molecule has 1 aliphatic heterocycles. The van der Waals surface area contributed by atoms with Crippen LogP contribution in [-0.2, 0) is 23.8 Å². The lowest BCUT2D eigenvalue weighted by atomic mass is 10.4. The number of nitrogens with two attached hydrogens (primary N) is 1. The molecule has 25 heavy (non-hydrogen) atoms. The Hall–Kier alpha value is -1.18. The van der Waals surface area contributed by atoms with Crippen molar-refractivity contribution in [3.63, 3.8) is 0 Å². The lowest BCUT2D eigenvalue weighted by molar-refractivity contribution is -0.197. The van der Waals surface area contributed by atoms with Gasteiger partial charge in [-0.25, -0.2) is 4.79 Å². The summed E-state index contributed by atoms with van der Waals surface area (Å²) in [5.74, 6) is -1.75. The molecule has 2 amide bonds. The normalized spacial score (nSPS) is 18.0. The summed E-state index contributed by atoms with van der Waals surface area (Å²) in [5.41, 5.74) is 5.80. The lowest BCUT2D eigenvalue weighted by Gasteiger charge is -2.13. The van der Waals surface area contributed by atoms with E-state index in [1.54, 1.807) is 6.08 Å². The van der Waals surface area contributed by atoms with Crippen LogP contribution < -0.4 is 5.73 Å². The zero-order valence-corrected chi connectivity index (χ0v) is 16.9. The molecule has 0 radical (unpaired) electrons. The minimum atomic E-state index is -1.95. The Labute approximate surface area is 155 Å². The van der Waals surface area contributed by atoms with Crippen LogP contribution in [-0.4, -0.2) is 40.4 Å². The van der Waals surface area contributed by atoms with Crippen LogP contribution in [0.5, 0.6) is 0 Å². The quantitative estimate of drug-likeness (QED) is 0.255. The molecule has 2 unspecified atom stereocenters. The van der Waals surface area contributed by atoms with Crippen molar-refractivity contribution in [3.05, 3.63) is 23.3 Å². The van der Waals surface area contributed by atoms with Crippen molar-refractivity contribution in [2.24, 2.45) is 5.73 Å². The molecule has 0 aromatic carbocycles. The number of carbonyl (C=O) groups excluding carboxylic acids is 3. The van der Waals surface area contributed by atoms with Gasteiger partial charge in [0.05, 0.1) is 19.3 Å². The van der Waals surface area contributed by atoms with Crippen LogP contribution in [0.1, 0.15) is 33.1 Å². The highest BCUT2D eigenvalue weighted by Crippen LogP contribution is 2.36. The molecule has 1 heterocycles. The second kappa shape index (κ2) is 11.4. The highest BCUT2D eigenvalue weighted by atomic mass is 33.1. The highest BCUT2D eigenvalue weighted by molar-refractivity contribution is 8.78. The summed E-state index contributed by atoms with van der Waals surface area (Å²) >= 11 is 0. The van der Waals surface area contributed by atoms with E-state index < -0.39 is 25.6 Å². The molecule has 140 valence electrons. The number of hydroxylamine groups is 2. The van der Waals surface area contributed by atoms with Crippen LogP contribution in [0.3, 0.4) is 0 Å². The van der Waals surface area contributed by atoms with Crippen molar-refractivity contribution < 1.29 is 23.8 Å². The Kier molecular flexibility index (Phi) is 10.0. The first-order valence-corrected chi connectivity index (χ1v) is 11.9. The molecule has 2 atom stereocenters. The van der Waals surface area contributed by atoms with Crippen molar-refractivity contribution in [1.82, 2.24) is 5.06 Å². The molecular formula is C15H23N2O5PS2. The number of nitrogens with zero attached hydrogens (tertiary/aromatic N) is 1. The van der Waals surface area contributed by atoms with Gasteiger partial charge in [-0.2, -0.15) is 0 Å². The molecule has 10 heteroatoms. The number of amides is 2. The third-order valence-electron chi connectivity index (χ3n) is 3.08. The molecule has 1 saturated heterocycles. The average molecular weight is 406 g/mol. The zero-order valence-electron chi connectivity index (χ0n) is 14.2. The minimum Gasteiger partial charge on any atom is -0.393 e. The summed E-state index contributed by atoms with van der Waals surface area (Å²) in [6.07, 6.45) is 6.22. The van der Waals surface area contributed by atoms with E-state index in [1.807, 2.05) is 26.0 Å². The van der Waals surface area contributed by atoms with E-state index in [-0.39, 0.29) is 30.7 Å². The van der Waals surface area contributed by atoms with Crippen LogP contribution in [0.4, 0.5) is 0 Å². The summed E-state index contributed by atoms with van der Waals surface area (Å²) in [5, 5.41) is 1.29. The lowest BCUT2D eigenvalue weighted by Crippen LogP contribution is -2.32. The Bertz CT molecular complexity index is 578. The van der Waals surface area contributed by atoms with Gasteiger partial charge in [0, 0.05) is 30.4 Å². The van der Waals surface area contributed by atoms with Crippen LogP contribution in [0.25, 0.3) is 0 Å². The van der Waals surface area contributed by atoms with Gasteiger partial charge in [-0.3, -0.25) is 9.59 Å². The largest absolute Gasteiger partial charge is 0.393 e. The number of carbonyl (C=O) groups is 3. The number of imide groups is 1. The van der Waals surface area contributed by atoms with Gasteiger partial charge in [-0.15, -0.1) is 5.06 Å². The van der Waals surface area contributed by atoms with E-state index in [9.17, 15) is 18.9 Å². The molecular weight excluding hydrogens is 383 g/mol. The number of hydrogen-bond donors (Lipinski definition) is 1. The van der Waals surface area contributed by atoms with Crippen molar-refractivity contribution in [2.75, 3.05) is 12.3 Å². The molecule has 0 spiro atoms. The Morgan fingerprint density at radius 3 is 2.64 bits per heavy atom. The Balaban J connectivity index is 2.26. The fourth-order valence-electron chi connectivity index (χ4n) is 1.86. The third kappa shape index (κ3) is 8.65. The Morgan fingerprint density at radius 2 is 2.04 bits per heavy atom. The van der Waals surface area contributed by atoms with Gasteiger partial charge in [0.25, 0.3) is 11.8 Å². The van der Waals surface area contributed by atoms with Crippen molar-refractivity contribution in [3.8, 4) is 0 Å². The highest BCUT2D eigenvalue weighted by Gasteiger charge is 2.32. The van der Waals surface area contributed by atoms with Crippen LogP contribution in [0, 0.1) is 0 Å². The van der Waals surface area contributed by atoms with E-state index in [4.69, 9.17) is 10.6 Å². The first-order chi connectivity index (χ1) is 11.8. The van der Waals surface area contributed by atoms with Gasteiger partial charge in [0.1, 0.15) is 0 Å². The molecule has 0 aromatic rings. The molecule has 1 fully saturated rings. The average Bonchev–Trinajstić information content (AvgIpc) is 2.88. The summed E-state index contributed by atoms with van der Waals surface area (Å²) < 4.78 is 12.1. The molecule has 1 aliphatic rings. The number of allylic oxidation sites excluding steroid dienone is 3. The predicted octanol–water partition coefficient (Wildman–Crippen LogP) is 2.69. The zero-order chi connectivity index (χ0) is 18.8. The van der Waals surface area contributed by atoms with Crippen LogP contribution in [0.2, 0.25) is 0 Å². The maximum absolute atomic E-state index is 12.1. The van der Waals surface area contributed by atoms with E-state index >= 15 is 0 Å². The molecule has 0 aliphatic carbocycles. The van der Waals surface area contributed by atoms with Crippen molar-refractivity contribution >= 4 is 47.2 Å². The van der Waals surface area contributed by atoms with Gasteiger partial charge < -0.3 is 15.1 Å². The standard InChI is InChI=1S/C15H23N2O5PS2/c1-3-4-5-12(16)25-24-11(2)10-23(21)9-8-15(20)22-17-13(18)6-7-14(17)19/h3-5,11,23H,6-10,16H2,1-2H3/b4-3-,12-5+. The molecule has 0 bridgehead atoms. The first-order valence-electron chi connectivity index (χ1n) is 7.83. The predicted molar refractivity (Wildman–Crippen MR) is 102 cm³/mol. The summed E-state index contributed by atoms with van der Waals surface area (Å²) in [6.45, 7) is 3.85. The first kappa shape index (κ1) is 21.9. The number of hydrogen-bond acceptors (Lipinski definition) is 8. The maximum Gasteiger partial charge on any atom is 0.333 e. The van der Waals surface area contributed by atoms with Crippen molar-refractivity contribution in [2.45, 2.75) is 38.4 Å². The maximum atomic E-state index is 12.1. The summed E-state index contributed by atoms with van der Waals surface area (Å²) in [7, 11) is 0.992. The Morgan fingerprint density at radius 1 is 1.40 bits per heavy atom. The molecule has 0 aromatic heterocycles. The second-order valence-electron chi connectivity index (χ2n) is 5.37. The van der Waals surface area contributed by atoms with Crippen LogP contribution >= 0.6 is 29.4 Å². The topological polar surface area (TPSA) is 107 Å². The summed E-state index contributed by atoms with van der Waals surface area (Å²) in [4.78, 5) is 39.1. The van der Waals surface area contributed by atoms with Crippen molar-refractivity contribution in [1.29, 1.82) is 0 Å². The molecule has 7 nitrogen and oxygen atoms in total. The third-order valence-corrected chi connectivity index (χ3v) is 8.03. The molecule has 0 saturated carbocycles. The summed E-state index contributed by atoms with van der Waals surface area (Å²) in [6, 6.07) is 0. The monoisotopic (exact) mass is 406 g/mol. The van der Waals surface area contributed by atoms with Gasteiger partial charge in [-0.1, -0.05) is 29.9 Å². The number of rotatable bonds is 10. The molecule has 1 rings (SSSR count). The second-order valence-corrected chi connectivity index (χ2v) is 10.1. The van der Waals surface area contributed by atoms with E-state index in [0.29, 0.717) is 16.3 Å². The fourth-order valence-corrected chi connectivity index (χ4v) is 6.03. The van der Waals surface area contributed by atoms with E-state index in [2.05, 4.69) is 0 Å². The van der Waals surface area contributed by atoms with E-state index in [0.717, 1.165) is 0 Å². The van der Waals surface area contributed by atoms with Gasteiger partial charge in [-0.05, 0) is 23.8 Å². The molecule has 2 N–H and O–H groups in total. The van der Waals surface area contributed by atoms with Gasteiger partial charge >= 0.3 is 5.97 Å². The van der Waals surface area contributed by atoms with E-state index in [1.165, 1.54) is 21.6 Å².